The second-order valence-electron chi connectivity index (χ2n) is 9.66. The lowest BCUT2D eigenvalue weighted by molar-refractivity contribution is -0.160. The normalized spacial score (nSPS) is 20.8. The van der Waals surface area contributed by atoms with Crippen LogP contribution in [0.4, 0.5) is 0 Å². The van der Waals surface area contributed by atoms with E-state index in [0.717, 1.165) is 25.7 Å². The summed E-state index contributed by atoms with van der Waals surface area (Å²) in [7, 11) is 0. The van der Waals surface area contributed by atoms with Gasteiger partial charge in [0.1, 0.15) is 0 Å². The van der Waals surface area contributed by atoms with Gasteiger partial charge in [-0.2, -0.15) is 0 Å². The zero-order valence-corrected chi connectivity index (χ0v) is 18.1. The molecule has 0 aliphatic heterocycles. The van der Waals surface area contributed by atoms with E-state index in [1.54, 1.807) is 0 Å². The van der Waals surface area contributed by atoms with Gasteiger partial charge in [-0.05, 0) is 61.0 Å². The van der Waals surface area contributed by atoms with Crippen LogP contribution in [0.3, 0.4) is 0 Å². The Hall–Kier alpha value is -2.09. The fraction of sp³-hybridized carbons (Fsp3) is 0.536. The molecule has 160 valence electrons. The summed E-state index contributed by atoms with van der Waals surface area (Å²) < 4.78 is 0. The molecule has 0 amide bonds. The molecule has 2 aliphatic carbocycles. The molecule has 4 rings (SSSR count). The lowest BCUT2D eigenvalue weighted by Crippen LogP contribution is -2.49. The van der Waals surface area contributed by atoms with Gasteiger partial charge in [-0.3, -0.25) is 4.79 Å². The summed E-state index contributed by atoms with van der Waals surface area (Å²) in [5, 5.41) is 10.9. The number of carboxylic acid groups (broad SMARTS) is 1. The number of hydrogen-bond acceptors (Lipinski definition) is 1. The molecule has 2 saturated carbocycles. The molecular formula is C28H36O2. The molecule has 0 saturated heterocycles. The fourth-order valence-corrected chi connectivity index (χ4v) is 6.60. The van der Waals surface area contributed by atoms with E-state index in [9.17, 15) is 9.90 Å². The van der Waals surface area contributed by atoms with Crippen molar-refractivity contribution < 1.29 is 9.90 Å². The van der Waals surface area contributed by atoms with Crippen LogP contribution in [0.25, 0.3) is 0 Å². The Balaban J connectivity index is 1.71. The second kappa shape index (κ2) is 9.81. The molecule has 0 radical (unpaired) electrons. The number of aliphatic carboxylic acids is 1. The van der Waals surface area contributed by atoms with Crippen LogP contribution in [-0.2, 0) is 17.6 Å². The first-order chi connectivity index (χ1) is 14.7. The monoisotopic (exact) mass is 404 g/mol. The molecule has 2 aromatic rings. The van der Waals surface area contributed by atoms with Gasteiger partial charge >= 0.3 is 5.97 Å². The molecule has 0 spiro atoms. The van der Waals surface area contributed by atoms with E-state index in [4.69, 9.17) is 0 Å². The first kappa shape index (κ1) is 21.2. The number of carboxylic acids is 1. The predicted molar refractivity (Wildman–Crippen MR) is 122 cm³/mol. The zero-order valence-electron chi connectivity index (χ0n) is 18.1. The third-order valence-corrected chi connectivity index (χ3v) is 8.04. The summed E-state index contributed by atoms with van der Waals surface area (Å²) in [5.41, 5.74) is 1.89. The Bertz CT molecular complexity index is 788. The Kier molecular flexibility index (Phi) is 6.92. The topological polar surface area (TPSA) is 37.3 Å². The van der Waals surface area contributed by atoms with Crippen LogP contribution < -0.4 is 0 Å². The Morgan fingerprint density at radius 1 is 0.833 bits per heavy atom. The van der Waals surface area contributed by atoms with Crippen molar-refractivity contribution in [1.29, 1.82) is 0 Å². The maximum Gasteiger partial charge on any atom is 0.310 e. The average Bonchev–Trinajstić information content (AvgIpc) is 3.49. The molecule has 2 atom stereocenters. The van der Waals surface area contributed by atoms with Gasteiger partial charge in [0.05, 0.1) is 5.41 Å². The van der Waals surface area contributed by atoms with Gasteiger partial charge in [-0.15, -0.1) is 0 Å². The van der Waals surface area contributed by atoms with Gasteiger partial charge in [0.15, 0.2) is 0 Å². The van der Waals surface area contributed by atoms with E-state index < -0.39 is 11.4 Å². The number of hydrogen-bond donors (Lipinski definition) is 1. The summed E-state index contributed by atoms with van der Waals surface area (Å²) in [6.45, 7) is 0. The third-order valence-electron chi connectivity index (χ3n) is 8.04. The van der Waals surface area contributed by atoms with Gasteiger partial charge in [0, 0.05) is 0 Å². The first-order valence-corrected chi connectivity index (χ1v) is 12.0. The number of benzene rings is 2. The highest BCUT2D eigenvalue weighted by Gasteiger charge is 2.54. The van der Waals surface area contributed by atoms with Crippen molar-refractivity contribution in [1.82, 2.24) is 0 Å². The molecule has 1 N–H and O–H groups in total. The Labute approximate surface area is 181 Å². The van der Waals surface area contributed by atoms with E-state index in [-0.39, 0.29) is 5.92 Å². The van der Waals surface area contributed by atoms with Gasteiger partial charge in [-0.1, -0.05) is 99.2 Å². The smallest absolute Gasteiger partial charge is 0.310 e. The molecule has 0 aromatic heterocycles. The number of aryl methyl sites for hydroxylation is 1. The highest BCUT2D eigenvalue weighted by molar-refractivity contribution is 5.76. The molecule has 0 heterocycles. The molecule has 2 nitrogen and oxygen atoms in total. The second-order valence-corrected chi connectivity index (χ2v) is 9.66. The highest BCUT2D eigenvalue weighted by atomic mass is 16.4. The van der Waals surface area contributed by atoms with Crippen LogP contribution in [-0.4, -0.2) is 11.1 Å². The maximum atomic E-state index is 13.2. The highest BCUT2D eigenvalue weighted by Crippen LogP contribution is 2.54. The van der Waals surface area contributed by atoms with Crippen molar-refractivity contribution in [3.05, 3.63) is 71.8 Å². The maximum absolute atomic E-state index is 13.2. The summed E-state index contributed by atoms with van der Waals surface area (Å²) >= 11 is 0. The van der Waals surface area contributed by atoms with Gasteiger partial charge in [0.2, 0.25) is 0 Å². The lowest BCUT2D eigenvalue weighted by atomic mass is 9.57. The van der Waals surface area contributed by atoms with E-state index in [1.807, 2.05) is 6.07 Å². The largest absolute Gasteiger partial charge is 0.481 e. The zero-order chi connectivity index (χ0) is 20.8. The van der Waals surface area contributed by atoms with E-state index in [1.165, 1.54) is 49.7 Å². The molecule has 30 heavy (non-hydrogen) atoms. The van der Waals surface area contributed by atoms with Crippen molar-refractivity contribution in [2.75, 3.05) is 0 Å². The van der Waals surface area contributed by atoms with Crippen molar-refractivity contribution in [2.45, 2.75) is 70.6 Å². The summed E-state index contributed by atoms with van der Waals surface area (Å²) in [6, 6.07) is 21.1. The van der Waals surface area contributed by atoms with Gasteiger partial charge < -0.3 is 5.11 Å². The minimum atomic E-state index is -0.637. The molecule has 2 unspecified atom stereocenters. The fourth-order valence-electron chi connectivity index (χ4n) is 6.60. The molecular weight excluding hydrogens is 368 g/mol. The summed E-state index contributed by atoms with van der Waals surface area (Å²) in [4.78, 5) is 13.2. The van der Waals surface area contributed by atoms with Crippen LogP contribution in [0.5, 0.6) is 0 Å². The van der Waals surface area contributed by atoms with Crippen LogP contribution in [0.15, 0.2) is 60.7 Å². The molecule has 2 heteroatoms. The summed E-state index contributed by atoms with van der Waals surface area (Å²) in [6.07, 6.45) is 12.1. The van der Waals surface area contributed by atoms with Crippen molar-refractivity contribution in [3.63, 3.8) is 0 Å². The summed E-state index contributed by atoms with van der Waals surface area (Å²) in [5.74, 6) is 0.565. The first-order valence-electron chi connectivity index (χ1n) is 12.0. The SMILES string of the molecule is O=C(O)C(Cc1ccccc1)(C1CCCC1)C(CCc1ccccc1)C1CCCC1. The standard InChI is InChI=1S/C28H36O2/c29-27(30)28(25-17-9-10-18-25,21-23-13-5-2-6-14-23)26(24-15-7-8-16-24)20-19-22-11-3-1-4-12-22/h1-6,11-14,24-26H,7-10,15-21H2,(H,29,30). The average molecular weight is 405 g/mol. The quantitative estimate of drug-likeness (QED) is 0.492. The van der Waals surface area contributed by atoms with E-state index in [0.29, 0.717) is 18.3 Å². The third kappa shape index (κ3) is 4.48. The Morgan fingerprint density at radius 2 is 1.37 bits per heavy atom. The van der Waals surface area contributed by atoms with E-state index >= 15 is 0 Å². The van der Waals surface area contributed by atoms with Crippen LogP contribution in [0.1, 0.15) is 68.9 Å². The van der Waals surface area contributed by atoms with Crippen LogP contribution >= 0.6 is 0 Å². The lowest BCUT2D eigenvalue weighted by Gasteiger charge is -2.45. The van der Waals surface area contributed by atoms with Crippen molar-refractivity contribution in [2.24, 2.45) is 23.2 Å². The molecule has 2 aromatic carbocycles. The molecule has 2 aliphatic rings. The minimum absolute atomic E-state index is 0.251. The van der Waals surface area contributed by atoms with E-state index in [2.05, 4.69) is 54.6 Å². The minimum Gasteiger partial charge on any atom is -0.481 e. The number of carbonyl (C=O) groups is 1. The van der Waals surface area contributed by atoms with Gasteiger partial charge in [-0.25, -0.2) is 0 Å². The van der Waals surface area contributed by atoms with Crippen LogP contribution in [0.2, 0.25) is 0 Å². The van der Waals surface area contributed by atoms with Crippen molar-refractivity contribution in [3.8, 4) is 0 Å². The van der Waals surface area contributed by atoms with Crippen molar-refractivity contribution >= 4 is 5.97 Å². The predicted octanol–water partition coefficient (Wildman–Crippen LogP) is 6.93. The number of rotatable bonds is 9. The molecule has 2 fully saturated rings. The molecule has 0 bridgehead atoms. The van der Waals surface area contributed by atoms with Gasteiger partial charge in [0.25, 0.3) is 0 Å². The van der Waals surface area contributed by atoms with Crippen LogP contribution in [0, 0.1) is 23.2 Å². The Morgan fingerprint density at radius 3 is 1.93 bits per heavy atom.